The van der Waals surface area contributed by atoms with Gasteiger partial charge in [-0.1, -0.05) is 0 Å². The zero-order valence-corrected chi connectivity index (χ0v) is 12.0. The van der Waals surface area contributed by atoms with Gasteiger partial charge in [0, 0.05) is 0 Å². The van der Waals surface area contributed by atoms with Gasteiger partial charge in [0.05, 0.1) is 0 Å². The van der Waals surface area contributed by atoms with Crippen LogP contribution in [0.5, 0.6) is 0 Å². The van der Waals surface area contributed by atoms with E-state index in [4.69, 9.17) is 0 Å². The molecule has 0 heterocycles. The van der Waals surface area contributed by atoms with Gasteiger partial charge in [0.15, 0.2) is 0 Å². The Hall–Kier alpha value is 3.88. The maximum atomic E-state index is 0. The number of hydrogen-bond donors (Lipinski definition) is 0. The molecule has 0 aliphatic heterocycles. The van der Waals surface area contributed by atoms with Crippen molar-refractivity contribution in [3.63, 3.8) is 0 Å². The van der Waals surface area contributed by atoms with Crippen molar-refractivity contribution < 1.29 is 124 Å². The van der Waals surface area contributed by atoms with Crippen LogP contribution < -0.4 is 0 Å². The fraction of sp³-hybridized carbons (Fsp3) is 0. The first-order valence-electron chi connectivity index (χ1n) is 0. The minimum atomic E-state index is 0. The Morgan fingerprint density at radius 3 is 1.00 bits per heavy atom. The minimum Gasteiger partial charge on any atom is -2.00 e. The fourth-order valence-electron chi connectivity index (χ4n) is 0. The third kappa shape index (κ3) is 9.30. The van der Waals surface area contributed by atoms with Crippen molar-refractivity contribution in [2.75, 3.05) is 0 Å². The summed E-state index contributed by atoms with van der Waals surface area (Å²) in [5.74, 6) is 0. The predicted molar refractivity (Wildman–Crippen MR) is 0.686 cm³/mol. The molecule has 0 bridgehead atoms. The van der Waals surface area contributed by atoms with Gasteiger partial charge in [-0.15, -0.1) is 0 Å². The smallest absolute Gasteiger partial charge is 2.00 e. The van der Waals surface area contributed by atoms with Crippen LogP contribution in [0.15, 0.2) is 0 Å². The third-order valence-electron chi connectivity index (χ3n) is 0. The summed E-state index contributed by atoms with van der Waals surface area (Å²) in [7, 11) is 0. The molecule has 4 heteroatoms. The molecule has 0 N–H and O–H groups in total. The Morgan fingerprint density at radius 1 is 1.00 bits per heavy atom. The quantitative estimate of drug-likeness (QED) is 0.504. The Bertz CT molecular complexity index is 8.00. The van der Waals surface area contributed by atoms with E-state index in [1.165, 1.54) is 0 Å². The first-order valence-corrected chi connectivity index (χ1v) is 0. The Kier molecular flexibility index (Phi) is 97.8. The molecule has 0 aliphatic carbocycles. The maximum Gasteiger partial charge on any atom is 3.00 e. The summed E-state index contributed by atoms with van der Waals surface area (Å²) in [6.07, 6.45) is 0. The summed E-state index contributed by atoms with van der Waals surface area (Å²) in [6.45, 7) is 0. The monoisotopic (exact) mass is 437 g/mol. The van der Waals surface area contributed by atoms with E-state index in [0.717, 1.165) is 0 Å². The molecule has 0 rings (SSSR count). The summed E-state index contributed by atoms with van der Waals surface area (Å²) >= 11 is 0. The molecule has 2 radical (unpaired) electrons. The van der Waals surface area contributed by atoms with Crippen LogP contribution in [0, 0.1) is 118 Å². The Balaban J connectivity index is 0. The van der Waals surface area contributed by atoms with Crippen LogP contribution in [0.25, 0.3) is 0 Å². The first-order chi connectivity index (χ1) is 0. The van der Waals surface area contributed by atoms with E-state index in [1.54, 1.807) is 0 Å². The Morgan fingerprint density at radius 2 is 1.00 bits per heavy atom. The standard InChI is InChI=1S/Ce.La.Nd.O/q3*+3;-2. The van der Waals surface area contributed by atoms with Crippen LogP contribution in [0.1, 0.15) is 0 Å². The molecular formula is CeLaNdO+7. The van der Waals surface area contributed by atoms with E-state index >= 15 is 0 Å². The van der Waals surface area contributed by atoms with Gasteiger partial charge in [-0.25, -0.2) is 0 Å². The molecule has 0 amide bonds. The van der Waals surface area contributed by atoms with Crippen LogP contribution >= 0.6 is 0 Å². The molecule has 0 atom stereocenters. The van der Waals surface area contributed by atoms with E-state index in [-0.39, 0.29) is 124 Å². The zero-order chi connectivity index (χ0) is 0. The van der Waals surface area contributed by atoms with Gasteiger partial charge in [0.2, 0.25) is 0 Å². The van der Waals surface area contributed by atoms with Crippen LogP contribution in [0.4, 0.5) is 0 Å². The van der Waals surface area contributed by atoms with Crippen molar-refractivity contribution in [3.8, 4) is 0 Å². The average molecular weight is 439 g/mol. The summed E-state index contributed by atoms with van der Waals surface area (Å²) in [4.78, 5) is 0. The molecule has 1 nitrogen and oxygen atoms in total. The fourth-order valence-corrected chi connectivity index (χ4v) is 0. The summed E-state index contributed by atoms with van der Waals surface area (Å²) < 4.78 is 0. The Labute approximate surface area is 120 Å². The van der Waals surface area contributed by atoms with Crippen LogP contribution in [0.3, 0.4) is 0 Å². The molecule has 0 spiro atoms. The van der Waals surface area contributed by atoms with Crippen molar-refractivity contribution in [1.82, 2.24) is 0 Å². The molecule has 0 aromatic carbocycles. The molecule has 0 saturated carbocycles. The van der Waals surface area contributed by atoms with Crippen LogP contribution in [-0.4, -0.2) is 0 Å². The van der Waals surface area contributed by atoms with Crippen LogP contribution in [-0.2, 0) is 5.48 Å². The number of rotatable bonds is 0. The largest absolute Gasteiger partial charge is 3.00 e. The van der Waals surface area contributed by atoms with Crippen molar-refractivity contribution in [3.05, 3.63) is 0 Å². The van der Waals surface area contributed by atoms with Crippen molar-refractivity contribution in [1.29, 1.82) is 0 Å². The van der Waals surface area contributed by atoms with Crippen molar-refractivity contribution in [2.24, 2.45) is 0 Å². The molecule has 0 fully saturated rings. The molecule has 0 saturated heterocycles. The second-order valence-corrected chi connectivity index (χ2v) is 0. The van der Waals surface area contributed by atoms with Gasteiger partial charge in [-0.05, 0) is 0 Å². The van der Waals surface area contributed by atoms with Gasteiger partial charge >= 0.3 is 118 Å². The SMILES string of the molecule is [Ce+3].[La+3].[Nd+3].[O-2]. The number of hydrogen-bond acceptors (Lipinski definition) is 0. The van der Waals surface area contributed by atoms with E-state index in [0.29, 0.717) is 0 Å². The van der Waals surface area contributed by atoms with Gasteiger partial charge in [0.1, 0.15) is 0 Å². The second kappa shape index (κ2) is 15.8. The average Bonchev–Trinajstić information content (AvgIpc) is 0. The molecule has 0 unspecified atom stereocenters. The van der Waals surface area contributed by atoms with Crippen molar-refractivity contribution >= 4 is 0 Å². The van der Waals surface area contributed by atoms with Crippen LogP contribution in [0.2, 0.25) is 0 Å². The normalized spacial score (nSPS) is 0. The molecule has 10 valence electrons. The summed E-state index contributed by atoms with van der Waals surface area (Å²) in [5, 5.41) is 0. The van der Waals surface area contributed by atoms with Gasteiger partial charge < -0.3 is 5.48 Å². The minimum absolute atomic E-state index is 0. The molecule has 0 aromatic heterocycles. The van der Waals surface area contributed by atoms with E-state index in [9.17, 15) is 0 Å². The first kappa shape index (κ1) is 24.8. The molecule has 0 aromatic rings. The van der Waals surface area contributed by atoms with Gasteiger partial charge in [-0.3, -0.25) is 0 Å². The van der Waals surface area contributed by atoms with Gasteiger partial charge in [-0.2, -0.15) is 0 Å². The van der Waals surface area contributed by atoms with E-state index in [1.807, 2.05) is 0 Å². The zero-order valence-electron chi connectivity index (χ0n) is 1.99. The second-order valence-electron chi connectivity index (χ2n) is 0. The van der Waals surface area contributed by atoms with E-state index in [2.05, 4.69) is 0 Å². The van der Waals surface area contributed by atoms with E-state index < -0.39 is 0 Å². The van der Waals surface area contributed by atoms with Gasteiger partial charge in [0.25, 0.3) is 0 Å². The molecular weight excluding hydrogens is 439 g/mol. The molecule has 0 aliphatic rings. The van der Waals surface area contributed by atoms with Crippen molar-refractivity contribution in [2.45, 2.75) is 0 Å². The topological polar surface area (TPSA) is 28.5 Å². The third-order valence-corrected chi connectivity index (χ3v) is 0. The predicted octanol–water partition coefficient (Wildman–Crippen LogP) is -0.119. The molecule has 4 heavy (non-hydrogen) atoms. The maximum absolute atomic E-state index is 0. The summed E-state index contributed by atoms with van der Waals surface area (Å²) in [6, 6.07) is 0. The summed E-state index contributed by atoms with van der Waals surface area (Å²) in [5.41, 5.74) is 0.